The molecule has 0 saturated heterocycles. The fourth-order valence-corrected chi connectivity index (χ4v) is 1.68. The Morgan fingerprint density at radius 1 is 1.33 bits per heavy atom. The number of amides is 1. The first-order valence-corrected chi connectivity index (χ1v) is 5.89. The molecule has 0 aliphatic heterocycles. The molecule has 0 aliphatic carbocycles. The third-order valence-corrected chi connectivity index (χ3v) is 2.53. The van der Waals surface area contributed by atoms with E-state index in [0.29, 0.717) is 18.8 Å². The minimum Gasteiger partial charge on any atom is -0.305 e. The number of tetrazole rings is 1. The molecule has 0 aliphatic rings. The van der Waals surface area contributed by atoms with Gasteiger partial charge in [-0.3, -0.25) is 4.79 Å². The van der Waals surface area contributed by atoms with Gasteiger partial charge in [0.1, 0.15) is 0 Å². The van der Waals surface area contributed by atoms with Crippen molar-refractivity contribution in [3.05, 3.63) is 36.2 Å². The maximum atomic E-state index is 12.1. The van der Waals surface area contributed by atoms with E-state index in [2.05, 4.69) is 20.6 Å². The highest BCUT2D eigenvalue weighted by atomic mass is 16.2. The highest BCUT2D eigenvalue weighted by Crippen LogP contribution is 2.16. The van der Waals surface area contributed by atoms with Crippen LogP contribution < -0.4 is 4.90 Å². The van der Waals surface area contributed by atoms with Crippen molar-refractivity contribution in [1.29, 1.82) is 0 Å². The molecule has 1 aromatic carbocycles. The Hall–Kier alpha value is -2.24. The van der Waals surface area contributed by atoms with Crippen molar-refractivity contribution in [2.24, 2.45) is 0 Å². The smallest absolute Gasteiger partial charge is 0.227 e. The number of hydrogen-bond acceptors (Lipinski definition) is 4. The van der Waals surface area contributed by atoms with E-state index in [1.54, 1.807) is 4.90 Å². The van der Waals surface area contributed by atoms with Crippen molar-refractivity contribution in [3.63, 3.8) is 0 Å². The number of aromatic nitrogens is 4. The summed E-state index contributed by atoms with van der Waals surface area (Å²) in [7, 11) is 0. The number of carbonyl (C=O) groups is 1. The predicted octanol–water partition coefficient (Wildman–Crippen LogP) is 1.53. The normalized spacial score (nSPS) is 10.3. The molecule has 0 fully saturated rings. The van der Waals surface area contributed by atoms with Crippen LogP contribution >= 0.6 is 0 Å². The van der Waals surface area contributed by atoms with Gasteiger partial charge < -0.3 is 4.90 Å². The van der Waals surface area contributed by atoms with Gasteiger partial charge in [-0.1, -0.05) is 25.1 Å². The number of hydrogen-bond donors (Lipinski definition) is 1. The fourth-order valence-electron chi connectivity index (χ4n) is 1.68. The van der Waals surface area contributed by atoms with Gasteiger partial charge in [0.05, 0.1) is 6.54 Å². The molecule has 0 spiro atoms. The van der Waals surface area contributed by atoms with Crippen LogP contribution in [0.1, 0.15) is 25.6 Å². The highest BCUT2D eigenvalue weighted by Gasteiger charge is 2.16. The van der Waals surface area contributed by atoms with Crippen molar-refractivity contribution >= 4 is 11.6 Å². The average molecular weight is 245 g/mol. The minimum atomic E-state index is 0.0695. The molecule has 1 aromatic heterocycles. The summed E-state index contributed by atoms with van der Waals surface area (Å²) in [5.41, 5.74) is 0.854. The maximum absolute atomic E-state index is 12.1. The Kier molecular flexibility index (Phi) is 4.01. The van der Waals surface area contributed by atoms with Gasteiger partial charge in [-0.05, 0) is 29.0 Å². The first kappa shape index (κ1) is 12.2. The molecular weight excluding hydrogens is 230 g/mol. The Morgan fingerprint density at radius 3 is 2.72 bits per heavy atom. The zero-order chi connectivity index (χ0) is 12.8. The third kappa shape index (κ3) is 2.91. The van der Waals surface area contributed by atoms with Gasteiger partial charge in [0.2, 0.25) is 5.91 Å². The van der Waals surface area contributed by atoms with Crippen LogP contribution in [0.5, 0.6) is 0 Å². The lowest BCUT2D eigenvalue weighted by atomic mass is 10.2. The summed E-state index contributed by atoms with van der Waals surface area (Å²) in [5, 5.41) is 13.5. The van der Waals surface area contributed by atoms with Crippen molar-refractivity contribution < 1.29 is 4.79 Å². The standard InChI is InChI=1S/C12H15N5O/c1-2-6-12(18)17(9-11-13-15-16-14-11)10-7-4-3-5-8-10/h3-5,7-8H,2,6,9H2,1H3,(H,13,14,15,16). The Bertz CT molecular complexity index is 482. The van der Waals surface area contributed by atoms with Crippen LogP contribution in [0.15, 0.2) is 30.3 Å². The maximum Gasteiger partial charge on any atom is 0.227 e. The number of carbonyl (C=O) groups excluding carboxylic acids is 1. The molecule has 18 heavy (non-hydrogen) atoms. The second kappa shape index (κ2) is 5.90. The van der Waals surface area contributed by atoms with Gasteiger partial charge >= 0.3 is 0 Å². The van der Waals surface area contributed by atoms with E-state index in [4.69, 9.17) is 0 Å². The van der Waals surface area contributed by atoms with Crippen molar-refractivity contribution in [2.45, 2.75) is 26.3 Å². The molecule has 2 aromatic rings. The van der Waals surface area contributed by atoms with E-state index >= 15 is 0 Å². The Labute approximate surface area is 105 Å². The van der Waals surface area contributed by atoms with Crippen LogP contribution in [-0.4, -0.2) is 26.5 Å². The molecule has 0 atom stereocenters. The summed E-state index contributed by atoms with van der Waals surface area (Å²) < 4.78 is 0. The Morgan fingerprint density at radius 2 is 2.11 bits per heavy atom. The molecule has 2 rings (SSSR count). The number of benzene rings is 1. The molecule has 94 valence electrons. The minimum absolute atomic E-state index is 0.0695. The SMILES string of the molecule is CCCC(=O)N(Cc1nnn[nH]1)c1ccccc1. The largest absolute Gasteiger partial charge is 0.305 e. The van der Waals surface area contributed by atoms with Gasteiger partial charge in [0, 0.05) is 12.1 Å². The van der Waals surface area contributed by atoms with E-state index in [9.17, 15) is 4.79 Å². The van der Waals surface area contributed by atoms with Crippen molar-refractivity contribution in [1.82, 2.24) is 20.6 Å². The van der Waals surface area contributed by atoms with E-state index in [0.717, 1.165) is 12.1 Å². The molecule has 0 radical (unpaired) electrons. The molecule has 6 nitrogen and oxygen atoms in total. The van der Waals surface area contributed by atoms with Crippen LogP contribution in [0.3, 0.4) is 0 Å². The number of rotatable bonds is 5. The van der Waals surface area contributed by atoms with Gasteiger partial charge in [-0.15, -0.1) is 5.10 Å². The summed E-state index contributed by atoms with van der Waals surface area (Å²) in [6.45, 7) is 2.34. The lowest BCUT2D eigenvalue weighted by Crippen LogP contribution is -2.30. The van der Waals surface area contributed by atoms with Crippen LogP contribution in [0.4, 0.5) is 5.69 Å². The number of nitrogens with one attached hydrogen (secondary N) is 1. The second-order valence-electron chi connectivity index (χ2n) is 3.91. The molecule has 1 amide bonds. The molecule has 1 N–H and O–H groups in total. The van der Waals surface area contributed by atoms with Gasteiger partial charge in [-0.25, -0.2) is 5.10 Å². The quantitative estimate of drug-likeness (QED) is 0.866. The van der Waals surface area contributed by atoms with Crippen molar-refractivity contribution in [2.75, 3.05) is 4.90 Å². The second-order valence-corrected chi connectivity index (χ2v) is 3.91. The lowest BCUT2D eigenvalue weighted by Gasteiger charge is -2.21. The topological polar surface area (TPSA) is 74.8 Å². The van der Waals surface area contributed by atoms with E-state index in [-0.39, 0.29) is 5.91 Å². The lowest BCUT2D eigenvalue weighted by molar-refractivity contribution is -0.118. The molecule has 0 bridgehead atoms. The zero-order valence-electron chi connectivity index (χ0n) is 10.2. The monoisotopic (exact) mass is 245 g/mol. The molecule has 6 heteroatoms. The predicted molar refractivity (Wildman–Crippen MR) is 66.7 cm³/mol. The summed E-state index contributed by atoms with van der Waals surface area (Å²) in [6, 6.07) is 9.52. The third-order valence-electron chi connectivity index (χ3n) is 2.53. The first-order valence-electron chi connectivity index (χ1n) is 5.89. The van der Waals surface area contributed by atoms with Crippen LogP contribution in [0, 0.1) is 0 Å². The number of aromatic amines is 1. The molecule has 1 heterocycles. The fraction of sp³-hybridized carbons (Fsp3) is 0.333. The zero-order valence-corrected chi connectivity index (χ0v) is 10.2. The Balaban J connectivity index is 2.20. The van der Waals surface area contributed by atoms with Gasteiger partial charge in [0.15, 0.2) is 5.82 Å². The van der Waals surface area contributed by atoms with Gasteiger partial charge in [-0.2, -0.15) is 0 Å². The van der Waals surface area contributed by atoms with Gasteiger partial charge in [0.25, 0.3) is 0 Å². The van der Waals surface area contributed by atoms with E-state index in [1.807, 2.05) is 37.3 Å². The average Bonchev–Trinajstić information content (AvgIpc) is 2.90. The summed E-state index contributed by atoms with van der Waals surface area (Å²) in [5.74, 6) is 0.642. The van der Waals surface area contributed by atoms with Crippen LogP contribution in [0.25, 0.3) is 0 Å². The van der Waals surface area contributed by atoms with Crippen molar-refractivity contribution in [3.8, 4) is 0 Å². The number of nitrogens with zero attached hydrogens (tertiary/aromatic N) is 4. The number of H-pyrrole nitrogens is 1. The highest BCUT2D eigenvalue weighted by molar-refractivity contribution is 5.93. The van der Waals surface area contributed by atoms with Crippen LogP contribution in [0.2, 0.25) is 0 Å². The van der Waals surface area contributed by atoms with E-state index in [1.165, 1.54) is 0 Å². The molecule has 0 unspecified atom stereocenters. The summed E-state index contributed by atoms with van der Waals surface area (Å²) in [4.78, 5) is 13.8. The van der Waals surface area contributed by atoms with E-state index < -0.39 is 0 Å². The summed E-state index contributed by atoms with van der Waals surface area (Å²) in [6.07, 6.45) is 1.33. The number of anilines is 1. The molecule has 0 saturated carbocycles. The number of para-hydroxylation sites is 1. The molecular formula is C12H15N5O. The summed E-state index contributed by atoms with van der Waals surface area (Å²) >= 11 is 0. The first-order chi connectivity index (χ1) is 8.81. The van der Waals surface area contributed by atoms with Crippen LogP contribution in [-0.2, 0) is 11.3 Å².